The van der Waals surface area contributed by atoms with E-state index in [4.69, 9.17) is 18.9 Å². The molecule has 1 unspecified atom stereocenters. The van der Waals surface area contributed by atoms with E-state index in [0.29, 0.717) is 36.0 Å². The summed E-state index contributed by atoms with van der Waals surface area (Å²) in [6, 6.07) is 0. The maximum atomic E-state index is 12.5. The zero-order valence-electron chi connectivity index (χ0n) is 27.3. The fourth-order valence-corrected chi connectivity index (χ4v) is 10.1. The first-order chi connectivity index (χ1) is 19.5. The van der Waals surface area contributed by atoms with Gasteiger partial charge in [0.1, 0.15) is 11.7 Å². The summed E-state index contributed by atoms with van der Waals surface area (Å²) in [4.78, 5) is 24.1. The van der Waals surface area contributed by atoms with Crippen LogP contribution in [0.2, 0.25) is 0 Å². The van der Waals surface area contributed by atoms with Crippen molar-refractivity contribution in [3.05, 3.63) is 12.2 Å². The Morgan fingerprint density at radius 1 is 0.929 bits per heavy atom. The second-order valence-electron chi connectivity index (χ2n) is 16.2. The lowest BCUT2D eigenvalue weighted by Crippen LogP contribution is -2.58. The first kappa shape index (κ1) is 32.0. The average Bonchev–Trinajstić information content (AvgIpc) is 3.19. The minimum absolute atomic E-state index is 0.0537. The van der Waals surface area contributed by atoms with Gasteiger partial charge >= 0.3 is 11.9 Å². The van der Waals surface area contributed by atoms with E-state index in [1.807, 2.05) is 34.6 Å². The van der Waals surface area contributed by atoms with Crippen LogP contribution in [0.15, 0.2) is 12.2 Å². The Balaban J connectivity index is 1.26. The van der Waals surface area contributed by atoms with Crippen molar-refractivity contribution in [2.75, 3.05) is 0 Å². The van der Waals surface area contributed by atoms with Crippen molar-refractivity contribution in [3.8, 4) is 0 Å². The number of aliphatic hydroxyl groups is 1. The summed E-state index contributed by atoms with van der Waals surface area (Å²) in [5.41, 5.74) is -0.460. The number of allylic oxidation sites excluding steroid dienone is 1. The molecular formula is C35H56O7. The van der Waals surface area contributed by atoms with Crippen LogP contribution in [-0.4, -0.2) is 52.8 Å². The fourth-order valence-electron chi connectivity index (χ4n) is 10.1. The van der Waals surface area contributed by atoms with E-state index < -0.39 is 11.4 Å². The molecule has 0 aromatic rings. The molecule has 0 aromatic heterocycles. The molecular weight excluding hydrogens is 532 g/mol. The number of carbonyl (C=O) groups is 2. The first-order valence-corrected chi connectivity index (χ1v) is 16.6. The molecule has 1 N–H and O–H groups in total. The van der Waals surface area contributed by atoms with E-state index >= 15 is 0 Å². The summed E-state index contributed by atoms with van der Waals surface area (Å²) >= 11 is 0. The van der Waals surface area contributed by atoms with Crippen LogP contribution < -0.4 is 0 Å². The number of hydrogen-bond acceptors (Lipinski definition) is 7. The molecule has 238 valence electrons. The van der Waals surface area contributed by atoms with Gasteiger partial charge in [0.15, 0.2) is 5.79 Å². The molecule has 7 nitrogen and oxygen atoms in total. The molecule has 42 heavy (non-hydrogen) atoms. The Labute approximate surface area is 253 Å². The predicted octanol–water partition coefficient (Wildman–Crippen LogP) is 6.75. The lowest BCUT2D eigenvalue weighted by molar-refractivity contribution is -0.290. The molecule has 0 aromatic carbocycles. The summed E-state index contributed by atoms with van der Waals surface area (Å²) in [7, 11) is 0. The zero-order chi connectivity index (χ0) is 30.7. The van der Waals surface area contributed by atoms with Crippen molar-refractivity contribution in [1.29, 1.82) is 0 Å². The lowest BCUT2D eigenvalue weighted by Gasteiger charge is -2.62. The monoisotopic (exact) mass is 588 g/mol. The second kappa shape index (κ2) is 11.5. The molecule has 0 radical (unpaired) electrons. The third-order valence-corrected chi connectivity index (χ3v) is 11.9. The Morgan fingerprint density at radius 3 is 2.36 bits per heavy atom. The van der Waals surface area contributed by atoms with Gasteiger partial charge in [0.05, 0.1) is 24.7 Å². The Bertz CT molecular complexity index is 1040. The number of rotatable bonds is 5. The lowest BCUT2D eigenvalue weighted by atomic mass is 9.44. The Hall–Kier alpha value is -1.44. The van der Waals surface area contributed by atoms with Gasteiger partial charge < -0.3 is 24.1 Å². The normalized spacial score (nSPS) is 45.0. The van der Waals surface area contributed by atoms with Crippen molar-refractivity contribution in [1.82, 2.24) is 0 Å². The molecule has 1 heterocycles. The minimum Gasteiger partial charge on any atom is -0.463 e. The largest absolute Gasteiger partial charge is 0.463 e. The molecule has 0 bridgehead atoms. The predicted molar refractivity (Wildman–Crippen MR) is 160 cm³/mol. The molecule has 5 rings (SSSR count). The van der Waals surface area contributed by atoms with Crippen LogP contribution in [0.5, 0.6) is 0 Å². The summed E-state index contributed by atoms with van der Waals surface area (Å²) < 4.78 is 23.6. The van der Waals surface area contributed by atoms with E-state index in [9.17, 15) is 14.7 Å². The van der Waals surface area contributed by atoms with Crippen LogP contribution in [0, 0.1) is 40.4 Å². The average molecular weight is 589 g/mol. The third kappa shape index (κ3) is 6.35. The topological polar surface area (TPSA) is 91.3 Å². The number of ether oxygens (including phenoxy) is 4. The number of fused-ring (bicyclic) bond motifs is 5. The highest BCUT2D eigenvalue weighted by molar-refractivity contribution is 5.70. The molecule has 5 fully saturated rings. The second-order valence-corrected chi connectivity index (χ2v) is 16.2. The van der Waals surface area contributed by atoms with Gasteiger partial charge in [-0.2, -0.15) is 0 Å². The van der Waals surface area contributed by atoms with Crippen molar-refractivity contribution in [2.24, 2.45) is 40.4 Å². The van der Waals surface area contributed by atoms with Gasteiger partial charge in [-0.3, -0.25) is 9.59 Å². The highest BCUT2D eigenvalue weighted by Crippen LogP contribution is 2.67. The Kier molecular flexibility index (Phi) is 8.74. The maximum absolute atomic E-state index is 12.5. The van der Waals surface area contributed by atoms with Crippen LogP contribution in [0.1, 0.15) is 120 Å². The molecule has 0 amide bonds. The highest BCUT2D eigenvalue weighted by Gasteiger charge is 2.63. The molecule has 5 aliphatic rings. The molecule has 7 heteroatoms. The van der Waals surface area contributed by atoms with E-state index in [1.165, 1.54) is 19.8 Å². The molecule has 0 spiro atoms. The highest BCUT2D eigenvalue weighted by atomic mass is 16.7. The quantitative estimate of drug-likeness (QED) is 0.281. The molecule has 1 saturated heterocycles. The number of aliphatic hydroxyl groups excluding tert-OH is 1. The molecule has 1 aliphatic heterocycles. The van der Waals surface area contributed by atoms with E-state index in [-0.39, 0.29) is 53.6 Å². The molecule has 4 saturated carbocycles. The van der Waals surface area contributed by atoms with Gasteiger partial charge in [-0.15, -0.1) is 0 Å². The maximum Gasteiger partial charge on any atom is 0.308 e. The van der Waals surface area contributed by atoms with Gasteiger partial charge in [-0.05, 0) is 121 Å². The molecule has 11 atom stereocenters. The SMILES string of the molecule is CC(=O)O[C@@H]1CC[C@@]2(C)[C@H](CC[C@@H]3[C@@H]2C[C@H](O)[C@]2(C)C(/C=C/[C@@H]4C[C@H](CC(=O)OC(C)(C)C)OC(C)(C)O4)CC[C@@H]32)C1. The van der Waals surface area contributed by atoms with E-state index in [0.717, 1.165) is 38.5 Å². The van der Waals surface area contributed by atoms with Gasteiger partial charge in [0, 0.05) is 18.8 Å². The minimum atomic E-state index is -0.790. The van der Waals surface area contributed by atoms with Crippen LogP contribution in [-0.2, 0) is 28.5 Å². The van der Waals surface area contributed by atoms with E-state index in [1.54, 1.807) is 0 Å². The summed E-state index contributed by atoms with van der Waals surface area (Å²) in [5, 5.41) is 11.9. The van der Waals surface area contributed by atoms with Crippen LogP contribution >= 0.6 is 0 Å². The summed E-state index contributed by atoms with van der Waals surface area (Å²) in [5.74, 6) is 1.33. The first-order valence-electron chi connectivity index (χ1n) is 16.6. The van der Waals surface area contributed by atoms with Crippen molar-refractivity contribution in [3.63, 3.8) is 0 Å². The van der Waals surface area contributed by atoms with Crippen molar-refractivity contribution >= 4 is 11.9 Å². The van der Waals surface area contributed by atoms with Crippen LogP contribution in [0.25, 0.3) is 0 Å². The third-order valence-electron chi connectivity index (χ3n) is 11.9. The van der Waals surface area contributed by atoms with Gasteiger partial charge in [-0.1, -0.05) is 26.0 Å². The van der Waals surface area contributed by atoms with Gasteiger partial charge in [0.25, 0.3) is 0 Å². The van der Waals surface area contributed by atoms with E-state index in [2.05, 4.69) is 26.0 Å². The van der Waals surface area contributed by atoms with Crippen LogP contribution in [0.3, 0.4) is 0 Å². The van der Waals surface area contributed by atoms with Crippen molar-refractivity contribution < 1.29 is 33.6 Å². The Morgan fingerprint density at radius 2 is 1.67 bits per heavy atom. The van der Waals surface area contributed by atoms with Gasteiger partial charge in [0.2, 0.25) is 0 Å². The smallest absolute Gasteiger partial charge is 0.308 e. The molecule has 4 aliphatic carbocycles. The van der Waals surface area contributed by atoms with Crippen LogP contribution in [0.4, 0.5) is 0 Å². The van der Waals surface area contributed by atoms with Crippen molar-refractivity contribution in [2.45, 2.75) is 155 Å². The summed E-state index contributed by atoms with van der Waals surface area (Å²) in [6.45, 7) is 15.8. The number of esters is 2. The fraction of sp³-hybridized carbons (Fsp3) is 0.886. The zero-order valence-corrected chi connectivity index (χ0v) is 27.3. The summed E-state index contributed by atoms with van der Waals surface area (Å²) in [6.07, 6.45) is 13.1. The number of hydrogen-bond donors (Lipinski definition) is 1. The van der Waals surface area contributed by atoms with Gasteiger partial charge in [-0.25, -0.2) is 0 Å². The number of carbonyl (C=O) groups excluding carboxylic acids is 2. The standard InChI is InChI=1S/C35H56O7/c1-21(36)39-24-15-16-34(7)23(17-24)10-13-27-28-14-11-22(35(28,8)30(37)20-29(27)34)9-12-25-18-26(41-33(5,6)40-25)19-31(38)42-32(2,3)4/h9,12,22-30,37H,10-11,13-20H2,1-8H3/b12-9+/t22?,23-,24-,25-,26-,27+,28+,29+,30+,34+,35-/m1/s1.